The van der Waals surface area contributed by atoms with Gasteiger partial charge in [-0.3, -0.25) is 9.59 Å². The molecule has 4 nitrogen and oxygen atoms in total. The second kappa shape index (κ2) is 4.59. The Morgan fingerprint density at radius 3 is 2.40 bits per heavy atom. The van der Waals surface area contributed by atoms with Gasteiger partial charge in [0.1, 0.15) is 17.5 Å². The summed E-state index contributed by atoms with van der Waals surface area (Å²) in [4.78, 5) is 22.2. The first-order chi connectivity index (χ1) is 7.07. The second-order valence-electron chi connectivity index (χ2n) is 3.12. The van der Waals surface area contributed by atoms with E-state index in [2.05, 4.69) is 0 Å². The molecule has 0 aliphatic heterocycles. The number of carboxylic acids is 1. The van der Waals surface area contributed by atoms with Crippen molar-refractivity contribution in [2.24, 2.45) is 0 Å². The third kappa shape index (κ3) is 2.34. The van der Waals surface area contributed by atoms with E-state index in [0.29, 0.717) is 11.3 Å². The molecule has 1 N–H and O–H groups in total. The summed E-state index contributed by atoms with van der Waals surface area (Å²) in [6.07, 6.45) is 0. The number of ketones is 1. The van der Waals surface area contributed by atoms with Crippen LogP contribution in [0.25, 0.3) is 0 Å². The van der Waals surface area contributed by atoms with Gasteiger partial charge < -0.3 is 9.84 Å². The Balaban J connectivity index is 3.22. The highest BCUT2D eigenvalue weighted by molar-refractivity contribution is 6.03. The summed E-state index contributed by atoms with van der Waals surface area (Å²) in [5.41, 5.74) is 0.389. The van der Waals surface area contributed by atoms with Crippen LogP contribution in [0.3, 0.4) is 0 Å². The van der Waals surface area contributed by atoms with E-state index < -0.39 is 17.7 Å². The molecule has 0 saturated heterocycles. The van der Waals surface area contributed by atoms with Crippen molar-refractivity contribution in [1.29, 1.82) is 0 Å². The van der Waals surface area contributed by atoms with Gasteiger partial charge in [0.05, 0.1) is 7.11 Å². The molecule has 0 spiro atoms. The van der Waals surface area contributed by atoms with E-state index in [9.17, 15) is 9.59 Å². The summed E-state index contributed by atoms with van der Waals surface area (Å²) < 4.78 is 5.01. The van der Waals surface area contributed by atoms with E-state index in [-0.39, 0.29) is 0 Å². The number of methoxy groups -OCH3 is 1. The van der Waals surface area contributed by atoms with Gasteiger partial charge >= 0.3 is 5.97 Å². The smallest absolute Gasteiger partial charge is 0.318 e. The maximum absolute atomic E-state index is 11.2. The summed E-state index contributed by atoms with van der Waals surface area (Å²) in [6.45, 7) is 1.26. The molecule has 0 aliphatic carbocycles. The number of carbonyl (C=O) groups is 2. The van der Waals surface area contributed by atoms with Crippen molar-refractivity contribution < 1.29 is 19.4 Å². The minimum Gasteiger partial charge on any atom is -0.496 e. The van der Waals surface area contributed by atoms with E-state index in [1.165, 1.54) is 14.0 Å². The van der Waals surface area contributed by atoms with Gasteiger partial charge in [0.15, 0.2) is 0 Å². The highest BCUT2D eigenvalue weighted by Crippen LogP contribution is 2.27. The maximum atomic E-state index is 11.2. The molecule has 1 rings (SSSR count). The highest BCUT2D eigenvalue weighted by atomic mass is 16.5. The van der Waals surface area contributed by atoms with Gasteiger partial charge in [0.25, 0.3) is 0 Å². The lowest BCUT2D eigenvalue weighted by Gasteiger charge is -2.12. The van der Waals surface area contributed by atoms with Crippen LogP contribution < -0.4 is 4.74 Å². The molecule has 0 aliphatic rings. The van der Waals surface area contributed by atoms with Crippen LogP contribution in [-0.4, -0.2) is 24.0 Å². The third-order valence-electron chi connectivity index (χ3n) is 2.10. The molecule has 0 radical (unpaired) electrons. The molecule has 1 aromatic rings. The monoisotopic (exact) mass is 208 g/mol. The minimum absolute atomic E-state index is 0.389. The van der Waals surface area contributed by atoms with E-state index in [1.807, 2.05) is 0 Å². The number of carbonyl (C=O) groups excluding carboxylic acids is 1. The Labute approximate surface area is 87.5 Å². The summed E-state index contributed by atoms with van der Waals surface area (Å²) >= 11 is 0. The number of para-hydroxylation sites is 1. The molecule has 0 heterocycles. The van der Waals surface area contributed by atoms with E-state index in [4.69, 9.17) is 9.84 Å². The van der Waals surface area contributed by atoms with Crippen LogP contribution in [0.5, 0.6) is 5.75 Å². The van der Waals surface area contributed by atoms with Crippen LogP contribution in [0.4, 0.5) is 0 Å². The Hall–Kier alpha value is -1.84. The van der Waals surface area contributed by atoms with Crippen LogP contribution in [0.2, 0.25) is 0 Å². The van der Waals surface area contributed by atoms with Gasteiger partial charge in [-0.05, 0) is 13.0 Å². The Morgan fingerprint density at radius 2 is 1.93 bits per heavy atom. The van der Waals surface area contributed by atoms with Gasteiger partial charge in [0.2, 0.25) is 0 Å². The first kappa shape index (κ1) is 11.2. The van der Waals surface area contributed by atoms with Crippen molar-refractivity contribution in [3.05, 3.63) is 29.8 Å². The van der Waals surface area contributed by atoms with Gasteiger partial charge in [-0.1, -0.05) is 18.2 Å². The van der Waals surface area contributed by atoms with Crippen LogP contribution in [0.15, 0.2) is 24.3 Å². The Bertz CT molecular complexity index is 370. The molecule has 0 fully saturated rings. The van der Waals surface area contributed by atoms with Crippen molar-refractivity contribution in [1.82, 2.24) is 0 Å². The number of aliphatic carboxylic acids is 1. The van der Waals surface area contributed by atoms with Gasteiger partial charge in [-0.15, -0.1) is 0 Å². The summed E-state index contributed by atoms with van der Waals surface area (Å²) in [7, 11) is 1.44. The number of hydrogen-bond donors (Lipinski definition) is 1. The number of rotatable bonds is 4. The molecule has 0 bridgehead atoms. The zero-order chi connectivity index (χ0) is 11.4. The second-order valence-corrected chi connectivity index (χ2v) is 3.12. The number of carboxylic acid groups (broad SMARTS) is 1. The summed E-state index contributed by atoms with van der Waals surface area (Å²) in [6, 6.07) is 6.62. The highest BCUT2D eigenvalue weighted by Gasteiger charge is 2.27. The number of ether oxygens (including phenoxy) is 1. The molecule has 80 valence electrons. The molecule has 4 heteroatoms. The fraction of sp³-hybridized carbons (Fsp3) is 0.273. The number of hydrogen-bond acceptors (Lipinski definition) is 3. The van der Waals surface area contributed by atoms with Crippen molar-refractivity contribution >= 4 is 11.8 Å². The average Bonchev–Trinajstić information content (AvgIpc) is 2.17. The number of Topliss-reactive ketones (excluding diaryl/α,β-unsaturated/α-hetero) is 1. The first-order valence-corrected chi connectivity index (χ1v) is 4.44. The van der Waals surface area contributed by atoms with Crippen LogP contribution in [0, 0.1) is 0 Å². The van der Waals surface area contributed by atoms with Crippen LogP contribution in [-0.2, 0) is 9.59 Å². The maximum Gasteiger partial charge on any atom is 0.318 e. The zero-order valence-corrected chi connectivity index (χ0v) is 8.56. The molecule has 0 saturated carbocycles. The van der Waals surface area contributed by atoms with E-state index in [1.54, 1.807) is 24.3 Å². The fourth-order valence-electron chi connectivity index (χ4n) is 1.43. The molecular weight excluding hydrogens is 196 g/mol. The van der Waals surface area contributed by atoms with E-state index in [0.717, 1.165) is 0 Å². The largest absolute Gasteiger partial charge is 0.496 e. The standard InChI is InChI=1S/C11H12O4/c1-7(12)10(11(13)14)8-5-3-4-6-9(8)15-2/h3-6,10H,1-2H3,(H,13,14). The van der Waals surface area contributed by atoms with Crippen molar-refractivity contribution in [2.75, 3.05) is 7.11 Å². The molecule has 0 aromatic heterocycles. The number of benzene rings is 1. The summed E-state index contributed by atoms with van der Waals surface area (Å²) in [5, 5.41) is 8.94. The molecule has 0 amide bonds. The SMILES string of the molecule is COc1ccccc1C(C(C)=O)C(=O)O. The quantitative estimate of drug-likeness (QED) is 0.760. The van der Waals surface area contributed by atoms with Gasteiger partial charge in [0, 0.05) is 5.56 Å². The first-order valence-electron chi connectivity index (χ1n) is 4.44. The average molecular weight is 208 g/mol. The Kier molecular flexibility index (Phi) is 3.44. The minimum atomic E-state index is -1.16. The molecule has 1 aromatic carbocycles. The lowest BCUT2D eigenvalue weighted by Crippen LogP contribution is -2.19. The van der Waals surface area contributed by atoms with Gasteiger partial charge in [-0.25, -0.2) is 0 Å². The predicted octanol–water partition coefficient (Wildman–Crippen LogP) is 1.45. The lowest BCUT2D eigenvalue weighted by molar-refractivity contribution is -0.142. The van der Waals surface area contributed by atoms with Crippen LogP contribution in [0.1, 0.15) is 18.4 Å². The molecule has 1 atom stereocenters. The van der Waals surface area contributed by atoms with Gasteiger partial charge in [-0.2, -0.15) is 0 Å². The molecule has 1 unspecified atom stereocenters. The third-order valence-corrected chi connectivity index (χ3v) is 2.10. The van der Waals surface area contributed by atoms with Crippen LogP contribution >= 0.6 is 0 Å². The normalized spacial score (nSPS) is 11.9. The van der Waals surface area contributed by atoms with E-state index >= 15 is 0 Å². The van der Waals surface area contributed by atoms with Crippen molar-refractivity contribution in [2.45, 2.75) is 12.8 Å². The van der Waals surface area contributed by atoms with Crippen molar-refractivity contribution in [3.8, 4) is 5.75 Å². The zero-order valence-electron chi connectivity index (χ0n) is 8.56. The van der Waals surface area contributed by atoms with Crippen molar-refractivity contribution in [3.63, 3.8) is 0 Å². The molecular formula is C11H12O4. The molecule has 15 heavy (non-hydrogen) atoms. The topological polar surface area (TPSA) is 63.6 Å². The fourth-order valence-corrected chi connectivity index (χ4v) is 1.43. The predicted molar refractivity (Wildman–Crippen MR) is 54.1 cm³/mol. The summed E-state index contributed by atoms with van der Waals surface area (Å²) in [5.74, 6) is -2.31. The Morgan fingerprint density at radius 1 is 1.33 bits per heavy atom. The lowest BCUT2D eigenvalue weighted by atomic mass is 9.95.